The van der Waals surface area contributed by atoms with E-state index in [9.17, 15) is 4.79 Å². The summed E-state index contributed by atoms with van der Waals surface area (Å²) in [7, 11) is 0. The Bertz CT molecular complexity index is 571. The summed E-state index contributed by atoms with van der Waals surface area (Å²) in [5.74, 6) is 0. The average molecular weight is 391 g/mol. The molecule has 1 aromatic carbocycles. The van der Waals surface area contributed by atoms with Gasteiger partial charge < -0.3 is 5.32 Å². The van der Waals surface area contributed by atoms with Crippen LogP contribution in [0.5, 0.6) is 0 Å². The number of thiol groups is 1. The van der Waals surface area contributed by atoms with Crippen LogP contribution in [-0.4, -0.2) is 12.1 Å². The van der Waals surface area contributed by atoms with Gasteiger partial charge in [0.1, 0.15) is 0 Å². The van der Waals surface area contributed by atoms with E-state index in [1.807, 2.05) is 0 Å². The normalized spacial score (nSPS) is 15.0. The Kier molecular flexibility index (Phi) is 9.53. The second-order valence-electron chi connectivity index (χ2n) is 7.88. The Balaban J connectivity index is 2.13. The van der Waals surface area contributed by atoms with E-state index in [1.54, 1.807) is 4.31 Å². The largest absolute Gasteiger partial charge is 0.334 e. The first-order chi connectivity index (χ1) is 13.1. The molecule has 0 saturated heterocycles. The zero-order valence-corrected chi connectivity index (χ0v) is 18.4. The summed E-state index contributed by atoms with van der Waals surface area (Å²) in [5.41, 5.74) is 4.86. The summed E-state index contributed by atoms with van der Waals surface area (Å²) in [6.07, 6.45) is 14.0. The minimum Gasteiger partial charge on any atom is -0.334 e. The van der Waals surface area contributed by atoms with E-state index in [0.29, 0.717) is 6.04 Å². The number of benzene rings is 1. The number of hydrogen-bond donors (Lipinski definition) is 2. The van der Waals surface area contributed by atoms with Crippen LogP contribution in [0.2, 0.25) is 0 Å². The number of rotatable bonds is 9. The van der Waals surface area contributed by atoms with Crippen molar-refractivity contribution in [3.05, 3.63) is 28.8 Å². The Morgan fingerprint density at radius 3 is 2.22 bits per heavy atom. The van der Waals surface area contributed by atoms with Crippen LogP contribution in [0, 0.1) is 0 Å². The quantitative estimate of drug-likeness (QED) is 0.360. The number of anilines is 1. The van der Waals surface area contributed by atoms with E-state index in [-0.39, 0.29) is 6.03 Å². The lowest BCUT2D eigenvalue weighted by Gasteiger charge is -2.28. The fourth-order valence-electron chi connectivity index (χ4n) is 4.13. The molecule has 1 aromatic rings. The van der Waals surface area contributed by atoms with E-state index in [2.05, 4.69) is 51.0 Å². The molecule has 2 rings (SSSR count). The molecule has 27 heavy (non-hydrogen) atoms. The number of nitrogens with zero attached hydrogens (tertiary/aromatic N) is 1. The molecule has 1 saturated carbocycles. The minimum absolute atomic E-state index is 0.0784. The maximum absolute atomic E-state index is 12.8. The number of hydrogen-bond acceptors (Lipinski definition) is 2. The van der Waals surface area contributed by atoms with E-state index < -0.39 is 0 Å². The predicted molar refractivity (Wildman–Crippen MR) is 120 cm³/mol. The molecule has 0 spiro atoms. The van der Waals surface area contributed by atoms with Crippen molar-refractivity contribution in [1.29, 1.82) is 0 Å². The van der Waals surface area contributed by atoms with E-state index in [1.165, 1.54) is 61.6 Å². The molecule has 1 N–H and O–H groups in total. The van der Waals surface area contributed by atoms with Crippen molar-refractivity contribution in [3.8, 4) is 0 Å². The van der Waals surface area contributed by atoms with Gasteiger partial charge in [-0.05, 0) is 55.2 Å². The third-order valence-corrected chi connectivity index (χ3v) is 6.13. The Hall–Kier alpha value is -1.16. The zero-order chi connectivity index (χ0) is 19.6. The molecule has 0 aliphatic heterocycles. The molecule has 0 heterocycles. The third-order valence-electron chi connectivity index (χ3n) is 5.75. The number of amides is 2. The predicted octanol–water partition coefficient (Wildman–Crippen LogP) is 6.63. The van der Waals surface area contributed by atoms with Crippen LogP contribution in [0.3, 0.4) is 0 Å². The van der Waals surface area contributed by atoms with Crippen LogP contribution in [0.1, 0.15) is 95.2 Å². The number of aryl methyl sites for hydroxylation is 3. The van der Waals surface area contributed by atoms with Gasteiger partial charge in [0.15, 0.2) is 0 Å². The van der Waals surface area contributed by atoms with E-state index in [4.69, 9.17) is 0 Å². The summed E-state index contributed by atoms with van der Waals surface area (Å²) in [4.78, 5) is 12.8. The van der Waals surface area contributed by atoms with Gasteiger partial charge in [0.05, 0.1) is 5.69 Å². The fraction of sp³-hybridized carbons (Fsp3) is 0.696. The molecular formula is C23H38N2OS. The van der Waals surface area contributed by atoms with Crippen molar-refractivity contribution in [2.24, 2.45) is 0 Å². The molecule has 1 aliphatic rings. The lowest BCUT2D eigenvalue weighted by molar-refractivity contribution is 0.242. The van der Waals surface area contributed by atoms with Gasteiger partial charge >= 0.3 is 6.03 Å². The minimum atomic E-state index is -0.0784. The van der Waals surface area contributed by atoms with Crippen LogP contribution in [0.15, 0.2) is 12.1 Å². The van der Waals surface area contributed by atoms with E-state index >= 15 is 0 Å². The zero-order valence-electron chi connectivity index (χ0n) is 17.5. The van der Waals surface area contributed by atoms with Gasteiger partial charge in [0.2, 0.25) is 0 Å². The van der Waals surface area contributed by atoms with Crippen molar-refractivity contribution >= 4 is 24.5 Å². The maximum Gasteiger partial charge on any atom is 0.332 e. The van der Waals surface area contributed by atoms with Gasteiger partial charge in [-0.15, -0.1) is 0 Å². The Labute approximate surface area is 171 Å². The smallest absolute Gasteiger partial charge is 0.332 e. The average Bonchev–Trinajstić information content (AvgIpc) is 2.70. The first kappa shape index (κ1) is 22.1. The second kappa shape index (κ2) is 11.6. The molecule has 1 fully saturated rings. The standard InChI is InChI=1S/C23H38N2OS/c1-4-7-8-10-13-18-16-19(5-2)22(20(6-3)17-18)25(27)23(26)24-21-14-11-9-12-15-21/h16-17,21,27H,4-15H2,1-3H3,(H,24,26). The first-order valence-electron chi connectivity index (χ1n) is 11.0. The second-order valence-corrected chi connectivity index (χ2v) is 8.28. The van der Waals surface area contributed by atoms with Gasteiger partial charge in [-0.25, -0.2) is 9.10 Å². The molecular weight excluding hydrogens is 352 g/mol. The molecule has 2 amide bonds. The highest BCUT2D eigenvalue weighted by Crippen LogP contribution is 2.31. The van der Waals surface area contributed by atoms with Gasteiger partial charge in [0.25, 0.3) is 0 Å². The highest BCUT2D eigenvalue weighted by molar-refractivity contribution is 7.82. The monoisotopic (exact) mass is 390 g/mol. The van der Waals surface area contributed by atoms with Gasteiger partial charge in [-0.2, -0.15) is 0 Å². The van der Waals surface area contributed by atoms with Crippen molar-refractivity contribution in [2.45, 2.75) is 104 Å². The van der Waals surface area contributed by atoms with Crippen LogP contribution in [0.4, 0.5) is 10.5 Å². The number of nitrogens with one attached hydrogen (secondary N) is 1. The fourth-order valence-corrected chi connectivity index (χ4v) is 4.44. The van der Waals surface area contributed by atoms with Crippen molar-refractivity contribution in [1.82, 2.24) is 5.32 Å². The maximum atomic E-state index is 12.8. The van der Waals surface area contributed by atoms with Crippen LogP contribution < -0.4 is 9.62 Å². The molecule has 152 valence electrons. The lowest BCUT2D eigenvalue weighted by Crippen LogP contribution is -2.42. The molecule has 3 nitrogen and oxygen atoms in total. The molecule has 1 aliphatic carbocycles. The summed E-state index contributed by atoms with van der Waals surface area (Å²) in [6.45, 7) is 6.58. The van der Waals surface area contributed by atoms with E-state index in [0.717, 1.165) is 37.8 Å². The SMILES string of the molecule is CCCCCCc1cc(CC)c(N(S)C(=O)NC2CCCCC2)c(CC)c1. The van der Waals surface area contributed by atoms with Crippen LogP contribution in [-0.2, 0) is 19.3 Å². The van der Waals surface area contributed by atoms with Gasteiger partial charge in [0, 0.05) is 6.04 Å². The summed E-state index contributed by atoms with van der Waals surface area (Å²) >= 11 is 4.62. The van der Waals surface area contributed by atoms with Crippen molar-refractivity contribution in [3.63, 3.8) is 0 Å². The number of unbranched alkanes of at least 4 members (excludes halogenated alkanes) is 3. The molecule has 0 radical (unpaired) electrons. The van der Waals surface area contributed by atoms with Crippen molar-refractivity contribution in [2.75, 3.05) is 4.31 Å². The van der Waals surface area contributed by atoms with Crippen LogP contribution in [0.25, 0.3) is 0 Å². The number of urea groups is 1. The van der Waals surface area contributed by atoms with Gasteiger partial charge in [-0.3, -0.25) is 0 Å². The molecule has 0 bridgehead atoms. The molecule has 0 atom stereocenters. The Morgan fingerprint density at radius 2 is 1.67 bits per heavy atom. The number of carbonyl (C=O) groups excluding carboxylic acids is 1. The summed E-state index contributed by atoms with van der Waals surface area (Å²) < 4.78 is 1.56. The summed E-state index contributed by atoms with van der Waals surface area (Å²) in [6, 6.07) is 4.80. The first-order valence-corrected chi connectivity index (χ1v) is 11.4. The highest BCUT2D eigenvalue weighted by atomic mass is 32.1. The van der Waals surface area contributed by atoms with Crippen molar-refractivity contribution < 1.29 is 4.79 Å². The van der Waals surface area contributed by atoms with Crippen LogP contribution >= 0.6 is 12.8 Å². The topological polar surface area (TPSA) is 32.3 Å². The highest BCUT2D eigenvalue weighted by Gasteiger charge is 2.22. The Morgan fingerprint density at radius 1 is 1.04 bits per heavy atom. The number of carbonyl (C=O) groups is 1. The van der Waals surface area contributed by atoms with Gasteiger partial charge in [-0.1, -0.05) is 84.2 Å². The molecule has 0 aromatic heterocycles. The lowest BCUT2D eigenvalue weighted by atomic mass is 9.95. The third kappa shape index (κ3) is 6.44. The molecule has 4 heteroatoms. The molecule has 0 unspecified atom stereocenters. The summed E-state index contributed by atoms with van der Waals surface area (Å²) in [5, 5.41) is 3.19.